The predicted molar refractivity (Wildman–Crippen MR) is 140 cm³/mol. The minimum Gasteiger partial charge on any atom is -0.254 e. The van der Waals surface area contributed by atoms with Gasteiger partial charge in [-0.25, -0.2) is 0 Å². The smallest absolute Gasteiger partial charge is 0.111 e. The molecule has 5 heteroatoms. The second-order valence-electron chi connectivity index (χ2n) is 9.29. The molecule has 0 aromatic carbocycles. The normalized spacial score (nSPS) is 11.1. The molecule has 0 amide bonds. The van der Waals surface area contributed by atoms with Gasteiger partial charge in [-0.05, 0) is 62.1 Å². The van der Waals surface area contributed by atoms with Gasteiger partial charge in [-0.1, -0.05) is 78.1 Å². The van der Waals surface area contributed by atoms with Crippen LogP contribution in [0.3, 0.4) is 0 Å². The second kappa shape index (κ2) is 15.3. The van der Waals surface area contributed by atoms with E-state index in [-0.39, 0.29) is 0 Å². The average molecular weight is 460 g/mol. The van der Waals surface area contributed by atoms with Crippen molar-refractivity contribution >= 4 is 0 Å². The van der Waals surface area contributed by atoms with Gasteiger partial charge in [-0.15, -0.1) is 5.10 Å². The summed E-state index contributed by atoms with van der Waals surface area (Å²) < 4.78 is 0. The molecule has 3 aromatic heterocycles. The van der Waals surface area contributed by atoms with E-state index >= 15 is 0 Å². The van der Waals surface area contributed by atoms with E-state index < -0.39 is 0 Å². The molecule has 0 N–H and O–H groups in total. The molecule has 0 aliphatic carbocycles. The van der Waals surface area contributed by atoms with Crippen LogP contribution in [-0.4, -0.2) is 25.4 Å². The summed E-state index contributed by atoms with van der Waals surface area (Å²) in [5.41, 5.74) is 5.59. The highest BCUT2D eigenvalue weighted by Gasteiger charge is 2.06. The first-order valence-electron chi connectivity index (χ1n) is 13.4. The summed E-state index contributed by atoms with van der Waals surface area (Å²) in [6, 6.07) is 12.3. The molecular formula is C29H41N5. The van der Waals surface area contributed by atoms with E-state index in [0.29, 0.717) is 0 Å². The first kappa shape index (κ1) is 25.9. The summed E-state index contributed by atoms with van der Waals surface area (Å²) in [6.07, 6.45) is 19.4. The molecule has 182 valence electrons. The molecular weight excluding hydrogens is 418 g/mol. The number of hydrogen-bond acceptors (Lipinski definition) is 5. The highest BCUT2D eigenvalue weighted by Crippen LogP contribution is 2.20. The largest absolute Gasteiger partial charge is 0.254 e. The Morgan fingerprint density at radius 2 is 0.971 bits per heavy atom. The van der Waals surface area contributed by atoms with Crippen molar-refractivity contribution in [2.24, 2.45) is 0 Å². The Morgan fingerprint density at radius 1 is 0.471 bits per heavy atom. The highest BCUT2D eigenvalue weighted by molar-refractivity contribution is 5.62. The summed E-state index contributed by atoms with van der Waals surface area (Å²) in [7, 11) is 0. The van der Waals surface area contributed by atoms with Gasteiger partial charge in [0.05, 0.1) is 22.8 Å². The van der Waals surface area contributed by atoms with Crippen molar-refractivity contribution in [2.75, 3.05) is 0 Å². The van der Waals surface area contributed by atoms with Gasteiger partial charge < -0.3 is 0 Å². The summed E-state index contributed by atoms with van der Waals surface area (Å²) in [5, 5.41) is 17.7. The molecule has 0 saturated heterocycles. The molecule has 34 heavy (non-hydrogen) atoms. The van der Waals surface area contributed by atoms with Crippen molar-refractivity contribution in [1.29, 1.82) is 0 Å². The molecule has 0 unspecified atom stereocenters. The van der Waals surface area contributed by atoms with Gasteiger partial charge >= 0.3 is 0 Å². The van der Waals surface area contributed by atoms with Crippen molar-refractivity contribution in [3.63, 3.8) is 0 Å². The second-order valence-corrected chi connectivity index (χ2v) is 9.29. The maximum atomic E-state index is 4.60. The van der Waals surface area contributed by atoms with Gasteiger partial charge in [0.15, 0.2) is 0 Å². The van der Waals surface area contributed by atoms with Crippen LogP contribution in [0.1, 0.15) is 102 Å². The molecule has 0 aliphatic rings. The zero-order chi connectivity index (χ0) is 23.8. The lowest BCUT2D eigenvalue weighted by atomic mass is 10.1. The molecule has 0 atom stereocenters. The van der Waals surface area contributed by atoms with Crippen LogP contribution in [0, 0.1) is 0 Å². The first-order chi connectivity index (χ1) is 16.8. The third-order valence-electron chi connectivity index (χ3n) is 6.33. The Kier molecular flexibility index (Phi) is 11.6. The fourth-order valence-electron chi connectivity index (χ4n) is 4.15. The molecule has 3 rings (SSSR count). The minimum atomic E-state index is 0.804. The summed E-state index contributed by atoms with van der Waals surface area (Å²) in [6.45, 7) is 4.51. The van der Waals surface area contributed by atoms with E-state index in [4.69, 9.17) is 0 Å². The van der Waals surface area contributed by atoms with Crippen molar-refractivity contribution in [1.82, 2.24) is 25.4 Å². The highest BCUT2D eigenvalue weighted by atomic mass is 15.1. The van der Waals surface area contributed by atoms with Crippen LogP contribution in [0.15, 0.2) is 42.6 Å². The first-order valence-corrected chi connectivity index (χ1v) is 13.4. The Labute approximate surface area is 205 Å². The molecule has 0 fully saturated rings. The lowest BCUT2D eigenvalue weighted by Crippen LogP contribution is -1.97. The van der Waals surface area contributed by atoms with Crippen molar-refractivity contribution in [3.8, 4) is 22.6 Å². The van der Waals surface area contributed by atoms with E-state index in [9.17, 15) is 0 Å². The molecule has 0 bridgehead atoms. The van der Waals surface area contributed by atoms with E-state index in [1.807, 2.05) is 30.5 Å². The van der Waals surface area contributed by atoms with E-state index in [2.05, 4.69) is 51.4 Å². The van der Waals surface area contributed by atoms with E-state index in [1.54, 1.807) is 0 Å². The van der Waals surface area contributed by atoms with Gasteiger partial charge in [0.1, 0.15) is 5.69 Å². The van der Waals surface area contributed by atoms with Gasteiger partial charge in [0.2, 0.25) is 0 Å². The fraction of sp³-hybridized carbons (Fsp3) is 0.552. The Hall–Kier alpha value is -2.69. The van der Waals surface area contributed by atoms with Gasteiger partial charge in [0.25, 0.3) is 0 Å². The van der Waals surface area contributed by atoms with Crippen LogP contribution in [0.4, 0.5) is 0 Å². The van der Waals surface area contributed by atoms with Gasteiger partial charge in [0, 0.05) is 11.8 Å². The molecule has 0 spiro atoms. The quantitative estimate of drug-likeness (QED) is 0.204. The number of hydrogen-bond donors (Lipinski definition) is 0. The number of pyridine rings is 1. The third kappa shape index (κ3) is 8.92. The van der Waals surface area contributed by atoms with Gasteiger partial charge in [-0.2, -0.15) is 15.3 Å². The Bertz CT molecular complexity index is 842. The molecule has 0 saturated carbocycles. The number of aromatic nitrogens is 5. The van der Waals surface area contributed by atoms with Crippen LogP contribution in [0.2, 0.25) is 0 Å². The number of aryl methyl sites for hydroxylation is 2. The van der Waals surface area contributed by atoms with Crippen molar-refractivity contribution < 1.29 is 0 Å². The van der Waals surface area contributed by atoms with Gasteiger partial charge in [-0.3, -0.25) is 4.98 Å². The molecule has 0 radical (unpaired) electrons. The number of unbranched alkanes of at least 4 members (excludes halogenated alkanes) is 10. The molecule has 5 nitrogen and oxygen atoms in total. The predicted octanol–water partition coefficient (Wildman–Crippen LogP) is 7.80. The summed E-state index contributed by atoms with van der Waals surface area (Å²) >= 11 is 0. The monoisotopic (exact) mass is 459 g/mol. The SMILES string of the molecule is CCCCCCCCc1ccc(-c2ccc(-c3ccc(CCCCCCCC)nn3)nc2)nn1. The van der Waals surface area contributed by atoms with Crippen molar-refractivity contribution in [2.45, 2.75) is 104 Å². The lowest BCUT2D eigenvalue weighted by Gasteiger charge is -2.05. The maximum absolute atomic E-state index is 4.60. The van der Waals surface area contributed by atoms with E-state index in [0.717, 1.165) is 46.9 Å². The molecule has 3 aromatic rings. The lowest BCUT2D eigenvalue weighted by molar-refractivity contribution is 0.603. The Morgan fingerprint density at radius 3 is 1.44 bits per heavy atom. The summed E-state index contributed by atoms with van der Waals surface area (Å²) in [4.78, 5) is 4.60. The minimum absolute atomic E-state index is 0.804. The number of rotatable bonds is 16. The maximum Gasteiger partial charge on any atom is 0.111 e. The number of nitrogens with zero attached hydrogens (tertiary/aromatic N) is 5. The average Bonchev–Trinajstić information content (AvgIpc) is 2.89. The van der Waals surface area contributed by atoms with E-state index in [1.165, 1.54) is 77.0 Å². The summed E-state index contributed by atoms with van der Waals surface area (Å²) in [5.74, 6) is 0. The van der Waals surface area contributed by atoms with Crippen molar-refractivity contribution in [3.05, 3.63) is 54.0 Å². The van der Waals surface area contributed by atoms with Crippen LogP contribution < -0.4 is 0 Å². The zero-order valence-electron chi connectivity index (χ0n) is 21.2. The molecule has 3 heterocycles. The van der Waals surface area contributed by atoms with Crippen LogP contribution in [-0.2, 0) is 12.8 Å². The topological polar surface area (TPSA) is 64.5 Å². The van der Waals surface area contributed by atoms with Crippen LogP contribution in [0.25, 0.3) is 22.6 Å². The van der Waals surface area contributed by atoms with Crippen LogP contribution in [0.5, 0.6) is 0 Å². The Balaban J connectivity index is 1.46. The third-order valence-corrected chi connectivity index (χ3v) is 6.33. The standard InChI is InChI=1S/C29H41N5/c1-3-5-7-9-11-13-15-25-18-21-27(33-31-25)24-17-20-28(30-23-24)29-22-19-26(32-34-29)16-14-12-10-8-6-4-2/h17-23H,3-16H2,1-2H3. The fourth-order valence-corrected chi connectivity index (χ4v) is 4.15. The van der Waals surface area contributed by atoms with Crippen LogP contribution >= 0.6 is 0 Å². The molecule has 0 aliphatic heterocycles. The zero-order valence-corrected chi connectivity index (χ0v) is 21.2.